The van der Waals surface area contributed by atoms with Crippen LogP contribution in [0, 0.1) is 0 Å². The standard InChI is InChI=1S/C36H22N2O/c1-2-11-24(12-3-1)37-31-18-7-8-19-32(31)38-30-17-6-4-13-26(30)29-21-23(22-33(37)35(29)38)25-15-10-16-28-27-14-5-9-20-34(27)39-36(25)28/h1-22H. The number of aromatic nitrogens is 1. The molecule has 0 saturated heterocycles. The van der Waals surface area contributed by atoms with Crippen LogP contribution >= 0.6 is 0 Å². The largest absolute Gasteiger partial charge is 0.455 e. The highest BCUT2D eigenvalue weighted by Crippen LogP contribution is 2.51. The normalized spacial score (nSPS) is 12.6. The first-order chi connectivity index (χ1) is 19.4. The predicted octanol–water partition coefficient (Wildman–Crippen LogP) is 10.1. The van der Waals surface area contributed by atoms with Gasteiger partial charge in [0, 0.05) is 32.8 Å². The third-order valence-electron chi connectivity index (χ3n) is 8.08. The van der Waals surface area contributed by atoms with Gasteiger partial charge in [0.25, 0.3) is 0 Å². The zero-order chi connectivity index (χ0) is 25.5. The van der Waals surface area contributed by atoms with Crippen molar-refractivity contribution in [1.82, 2.24) is 4.57 Å². The summed E-state index contributed by atoms with van der Waals surface area (Å²) in [4.78, 5) is 2.40. The molecule has 2 aromatic heterocycles. The van der Waals surface area contributed by atoms with E-state index >= 15 is 0 Å². The van der Waals surface area contributed by atoms with Crippen molar-refractivity contribution in [3.8, 4) is 16.8 Å². The van der Waals surface area contributed by atoms with Crippen molar-refractivity contribution in [3.63, 3.8) is 0 Å². The Balaban J connectivity index is 1.45. The molecule has 0 unspecified atom stereocenters. The maximum atomic E-state index is 6.48. The van der Waals surface area contributed by atoms with Crippen LogP contribution in [0.3, 0.4) is 0 Å². The Bertz CT molecular complexity index is 2240. The number of hydrogen-bond donors (Lipinski definition) is 0. The van der Waals surface area contributed by atoms with Crippen molar-refractivity contribution >= 4 is 60.8 Å². The second kappa shape index (κ2) is 7.62. The molecule has 0 N–H and O–H groups in total. The van der Waals surface area contributed by atoms with Gasteiger partial charge >= 0.3 is 0 Å². The Morgan fingerprint density at radius 2 is 1.21 bits per heavy atom. The summed E-state index contributed by atoms with van der Waals surface area (Å²) in [5, 5.41) is 4.77. The Morgan fingerprint density at radius 1 is 0.487 bits per heavy atom. The van der Waals surface area contributed by atoms with E-state index in [1.54, 1.807) is 0 Å². The van der Waals surface area contributed by atoms with E-state index in [2.05, 4.69) is 131 Å². The van der Waals surface area contributed by atoms with Crippen LogP contribution in [0.15, 0.2) is 138 Å². The molecule has 3 heterocycles. The van der Waals surface area contributed by atoms with Gasteiger partial charge in [-0.05, 0) is 54.1 Å². The van der Waals surface area contributed by atoms with Gasteiger partial charge in [0.15, 0.2) is 0 Å². The van der Waals surface area contributed by atoms with Crippen LogP contribution in [0.1, 0.15) is 0 Å². The van der Waals surface area contributed by atoms with Crippen LogP contribution in [-0.4, -0.2) is 4.57 Å². The summed E-state index contributed by atoms with van der Waals surface area (Å²) in [5.74, 6) is 0. The molecule has 1 aliphatic rings. The highest BCUT2D eigenvalue weighted by Gasteiger charge is 2.29. The van der Waals surface area contributed by atoms with Gasteiger partial charge in [0.2, 0.25) is 0 Å². The van der Waals surface area contributed by atoms with Gasteiger partial charge in [-0.2, -0.15) is 0 Å². The maximum absolute atomic E-state index is 6.48. The second-order valence-corrected chi connectivity index (χ2v) is 10.2. The van der Waals surface area contributed by atoms with Crippen LogP contribution < -0.4 is 4.90 Å². The summed E-state index contributed by atoms with van der Waals surface area (Å²) < 4.78 is 8.91. The van der Waals surface area contributed by atoms with E-state index in [9.17, 15) is 0 Å². The molecular formula is C36H22N2O. The van der Waals surface area contributed by atoms with Crippen LogP contribution in [0.2, 0.25) is 0 Å². The number of rotatable bonds is 2. The average molecular weight is 499 g/mol. The lowest BCUT2D eigenvalue weighted by atomic mass is 9.98. The first-order valence-corrected chi connectivity index (χ1v) is 13.3. The molecule has 39 heavy (non-hydrogen) atoms. The van der Waals surface area contributed by atoms with Crippen molar-refractivity contribution in [2.24, 2.45) is 0 Å². The third-order valence-corrected chi connectivity index (χ3v) is 8.08. The fraction of sp³-hybridized carbons (Fsp3) is 0. The third kappa shape index (κ3) is 2.76. The number of benzene rings is 6. The summed E-state index contributed by atoms with van der Waals surface area (Å²) in [6.45, 7) is 0. The molecular weight excluding hydrogens is 476 g/mol. The first-order valence-electron chi connectivity index (χ1n) is 13.3. The van der Waals surface area contributed by atoms with E-state index in [1.165, 1.54) is 27.5 Å². The molecule has 0 amide bonds. The van der Waals surface area contributed by atoms with E-state index in [-0.39, 0.29) is 0 Å². The molecule has 0 atom stereocenters. The molecule has 0 bridgehead atoms. The molecule has 0 fully saturated rings. The monoisotopic (exact) mass is 498 g/mol. The molecule has 0 radical (unpaired) electrons. The minimum Gasteiger partial charge on any atom is -0.455 e. The molecule has 182 valence electrons. The van der Waals surface area contributed by atoms with Crippen molar-refractivity contribution in [3.05, 3.63) is 133 Å². The van der Waals surface area contributed by atoms with Gasteiger partial charge in [-0.1, -0.05) is 84.9 Å². The molecule has 1 aliphatic heterocycles. The Morgan fingerprint density at radius 3 is 2.10 bits per heavy atom. The predicted molar refractivity (Wildman–Crippen MR) is 162 cm³/mol. The quantitative estimate of drug-likeness (QED) is 0.236. The van der Waals surface area contributed by atoms with Crippen LogP contribution in [0.4, 0.5) is 17.1 Å². The first kappa shape index (κ1) is 20.7. The average Bonchev–Trinajstić information content (AvgIpc) is 3.55. The van der Waals surface area contributed by atoms with E-state index < -0.39 is 0 Å². The van der Waals surface area contributed by atoms with E-state index in [0.717, 1.165) is 50.1 Å². The van der Waals surface area contributed by atoms with Crippen molar-refractivity contribution in [1.29, 1.82) is 0 Å². The molecule has 0 saturated carbocycles. The van der Waals surface area contributed by atoms with Gasteiger partial charge in [0.05, 0.1) is 28.1 Å². The van der Waals surface area contributed by atoms with Crippen LogP contribution in [0.5, 0.6) is 0 Å². The Labute approximate surface area is 224 Å². The van der Waals surface area contributed by atoms with Gasteiger partial charge in [-0.3, -0.25) is 0 Å². The summed E-state index contributed by atoms with van der Waals surface area (Å²) in [5.41, 5.74) is 11.2. The summed E-state index contributed by atoms with van der Waals surface area (Å²) in [7, 11) is 0. The van der Waals surface area contributed by atoms with Gasteiger partial charge in [0.1, 0.15) is 11.2 Å². The summed E-state index contributed by atoms with van der Waals surface area (Å²) in [6, 6.07) is 47.6. The zero-order valence-corrected chi connectivity index (χ0v) is 21.0. The highest BCUT2D eigenvalue weighted by molar-refractivity contribution is 6.19. The summed E-state index contributed by atoms with van der Waals surface area (Å²) >= 11 is 0. The molecule has 8 aromatic rings. The molecule has 6 aromatic carbocycles. The molecule has 0 spiro atoms. The SMILES string of the molecule is c1ccc(N2c3ccccc3-n3c4ccccc4c4cc(-c5cccc6c5oc5ccccc56)cc2c43)cc1. The molecule has 0 aliphatic carbocycles. The number of nitrogens with zero attached hydrogens (tertiary/aromatic N) is 2. The second-order valence-electron chi connectivity index (χ2n) is 10.2. The van der Waals surface area contributed by atoms with Gasteiger partial charge < -0.3 is 13.9 Å². The number of fused-ring (bicyclic) bond motifs is 8. The van der Waals surface area contributed by atoms with Crippen molar-refractivity contribution in [2.45, 2.75) is 0 Å². The molecule has 3 nitrogen and oxygen atoms in total. The minimum absolute atomic E-state index is 0.916. The van der Waals surface area contributed by atoms with E-state index in [4.69, 9.17) is 4.42 Å². The molecule has 9 rings (SSSR count). The number of para-hydroxylation sites is 6. The topological polar surface area (TPSA) is 21.3 Å². The van der Waals surface area contributed by atoms with Crippen LogP contribution in [-0.2, 0) is 0 Å². The maximum Gasteiger partial charge on any atom is 0.143 e. The zero-order valence-electron chi connectivity index (χ0n) is 21.0. The fourth-order valence-corrected chi connectivity index (χ4v) is 6.45. The number of hydrogen-bond acceptors (Lipinski definition) is 2. The fourth-order valence-electron chi connectivity index (χ4n) is 6.45. The lowest BCUT2D eigenvalue weighted by Crippen LogP contribution is -2.18. The smallest absolute Gasteiger partial charge is 0.143 e. The highest BCUT2D eigenvalue weighted by atomic mass is 16.3. The number of furan rings is 1. The molecule has 3 heteroatoms. The lowest BCUT2D eigenvalue weighted by molar-refractivity contribution is 0.670. The summed E-state index contributed by atoms with van der Waals surface area (Å²) in [6.07, 6.45) is 0. The Hall–Kier alpha value is -5.28. The Kier molecular flexibility index (Phi) is 4.05. The van der Waals surface area contributed by atoms with E-state index in [0.29, 0.717) is 0 Å². The van der Waals surface area contributed by atoms with Crippen molar-refractivity contribution in [2.75, 3.05) is 4.90 Å². The van der Waals surface area contributed by atoms with E-state index in [1.807, 2.05) is 12.1 Å². The minimum atomic E-state index is 0.916. The lowest BCUT2D eigenvalue weighted by Gasteiger charge is -2.33. The van der Waals surface area contributed by atoms with Gasteiger partial charge in [-0.25, -0.2) is 0 Å². The van der Waals surface area contributed by atoms with Gasteiger partial charge in [-0.15, -0.1) is 0 Å². The van der Waals surface area contributed by atoms with Crippen LogP contribution in [0.25, 0.3) is 60.6 Å². The number of anilines is 3. The van der Waals surface area contributed by atoms with Crippen molar-refractivity contribution < 1.29 is 4.42 Å².